The smallest absolute Gasteiger partial charge is 0.313 e. The van der Waals surface area contributed by atoms with E-state index in [4.69, 9.17) is 4.74 Å². The molecule has 0 atom stereocenters. The third-order valence-electron chi connectivity index (χ3n) is 1.55. The lowest BCUT2D eigenvalue weighted by Gasteiger charge is -2.00. The summed E-state index contributed by atoms with van der Waals surface area (Å²) >= 11 is 4.03. The number of nitrogens with zero attached hydrogens (tertiary/aromatic N) is 3. The van der Waals surface area contributed by atoms with Crippen molar-refractivity contribution in [1.82, 2.24) is 14.8 Å². The van der Waals surface area contributed by atoms with Crippen LogP contribution < -0.4 is 0 Å². The van der Waals surface area contributed by atoms with Gasteiger partial charge in [0.2, 0.25) is 0 Å². The lowest BCUT2D eigenvalue weighted by molar-refractivity contribution is -0.142. The zero-order valence-corrected chi connectivity index (χ0v) is 8.41. The van der Waals surface area contributed by atoms with E-state index >= 15 is 0 Å². The first-order valence-electron chi connectivity index (χ1n) is 3.88. The SMILES string of the molecule is CCOC(=O)Cc1nnc(S)n1C. The predicted molar refractivity (Wildman–Crippen MR) is 48.6 cm³/mol. The van der Waals surface area contributed by atoms with E-state index in [0.717, 1.165) is 0 Å². The number of thiol groups is 1. The molecule has 0 fully saturated rings. The van der Waals surface area contributed by atoms with Crippen LogP contribution in [0.4, 0.5) is 0 Å². The molecule has 0 spiro atoms. The van der Waals surface area contributed by atoms with Crippen molar-refractivity contribution in [1.29, 1.82) is 0 Å². The highest BCUT2D eigenvalue weighted by Crippen LogP contribution is 2.04. The maximum atomic E-state index is 11.0. The van der Waals surface area contributed by atoms with Crippen LogP contribution in [-0.4, -0.2) is 27.3 Å². The molecule has 13 heavy (non-hydrogen) atoms. The third-order valence-corrected chi connectivity index (χ3v) is 1.94. The first-order chi connectivity index (χ1) is 6.15. The minimum absolute atomic E-state index is 0.137. The second-order valence-corrected chi connectivity index (χ2v) is 2.86. The van der Waals surface area contributed by atoms with Crippen LogP contribution in [0.1, 0.15) is 12.7 Å². The molecule has 1 aromatic heterocycles. The quantitative estimate of drug-likeness (QED) is 0.561. The molecule has 0 aromatic carbocycles. The Morgan fingerprint density at radius 3 is 2.77 bits per heavy atom. The number of aromatic nitrogens is 3. The van der Waals surface area contributed by atoms with Gasteiger partial charge in [0.25, 0.3) is 0 Å². The summed E-state index contributed by atoms with van der Waals surface area (Å²) in [5.74, 6) is 0.259. The summed E-state index contributed by atoms with van der Waals surface area (Å²) in [5, 5.41) is 7.96. The van der Waals surface area contributed by atoms with E-state index in [0.29, 0.717) is 17.6 Å². The number of hydrogen-bond acceptors (Lipinski definition) is 5. The van der Waals surface area contributed by atoms with Crippen LogP contribution in [0.3, 0.4) is 0 Å². The Morgan fingerprint density at radius 1 is 1.62 bits per heavy atom. The molecular formula is C7H11N3O2S. The fraction of sp³-hybridized carbons (Fsp3) is 0.571. The normalized spacial score (nSPS) is 10.1. The van der Waals surface area contributed by atoms with Crippen molar-refractivity contribution < 1.29 is 9.53 Å². The second-order valence-electron chi connectivity index (χ2n) is 2.46. The van der Waals surface area contributed by atoms with Crippen molar-refractivity contribution in [2.45, 2.75) is 18.5 Å². The monoisotopic (exact) mass is 201 g/mol. The van der Waals surface area contributed by atoms with Crippen LogP contribution in [0.5, 0.6) is 0 Å². The lowest BCUT2D eigenvalue weighted by atomic mass is 10.4. The molecule has 0 amide bonds. The average Bonchev–Trinajstić information content (AvgIpc) is 2.37. The van der Waals surface area contributed by atoms with Crippen molar-refractivity contribution in [2.75, 3.05) is 6.61 Å². The molecule has 0 radical (unpaired) electrons. The standard InChI is InChI=1S/C7H11N3O2S/c1-3-12-6(11)4-5-8-9-7(13)10(5)2/h3-4H2,1-2H3,(H,9,13). The maximum Gasteiger partial charge on any atom is 0.313 e. The Kier molecular flexibility index (Phi) is 3.30. The van der Waals surface area contributed by atoms with Crippen LogP contribution in [0, 0.1) is 0 Å². The molecule has 1 heterocycles. The largest absolute Gasteiger partial charge is 0.466 e. The van der Waals surface area contributed by atoms with Crippen LogP contribution in [0.2, 0.25) is 0 Å². The van der Waals surface area contributed by atoms with Crippen molar-refractivity contribution in [3.63, 3.8) is 0 Å². The molecular weight excluding hydrogens is 190 g/mol. The molecule has 0 saturated heterocycles. The summed E-state index contributed by atoms with van der Waals surface area (Å²) in [7, 11) is 1.75. The van der Waals surface area contributed by atoms with Crippen molar-refractivity contribution in [2.24, 2.45) is 7.05 Å². The molecule has 0 unspecified atom stereocenters. The summed E-state index contributed by atoms with van der Waals surface area (Å²) in [4.78, 5) is 11.0. The maximum absolute atomic E-state index is 11.0. The average molecular weight is 201 g/mol. The van der Waals surface area contributed by atoms with Crippen molar-refractivity contribution in [3.05, 3.63) is 5.82 Å². The molecule has 1 rings (SSSR count). The first kappa shape index (κ1) is 10.0. The van der Waals surface area contributed by atoms with Crippen molar-refractivity contribution in [3.8, 4) is 0 Å². The minimum atomic E-state index is -0.300. The lowest BCUT2D eigenvalue weighted by Crippen LogP contribution is -2.11. The first-order valence-corrected chi connectivity index (χ1v) is 4.32. The van der Waals surface area contributed by atoms with E-state index in [1.54, 1.807) is 18.5 Å². The molecule has 72 valence electrons. The highest BCUT2D eigenvalue weighted by atomic mass is 32.1. The summed E-state index contributed by atoms with van der Waals surface area (Å²) < 4.78 is 6.40. The predicted octanol–water partition coefficient (Wildman–Crippen LogP) is 0.209. The number of ether oxygens (including phenoxy) is 1. The Hall–Kier alpha value is -1.04. The van der Waals surface area contributed by atoms with Crippen LogP contribution in [0.15, 0.2) is 5.16 Å². The molecule has 0 aliphatic rings. The summed E-state index contributed by atoms with van der Waals surface area (Å²) in [5.41, 5.74) is 0. The van der Waals surface area contributed by atoms with E-state index in [2.05, 4.69) is 22.8 Å². The van der Waals surface area contributed by atoms with Gasteiger partial charge >= 0.3 is 5.97 Å². The highest BCUT2D eigenvalue weighted by molar-refractivity contribution is 7.80. The molecule has 0 bridgehead atoms. The van der Waals surface area contributed by atoms with Gasteiger partial charge in [0, 0.05) is 7.05 Å². The number of hydrogen-bond donors (Lipinski definition) is 1. The summed E-state index contributed by atoms with van der Waals surface area (Å²) in [6, 6.07) is 0. The second kappa shape index (κ2) is 4.27. The summed E-state index contributed by atoms with van der Waals surface area (Å²) in [6.07, 6.45) is 0.137. The zero-order chi connectivity index (χ0) is 9.84. The van der Waals surface area contributed by atoms with Gasteiger partial charge in [0.15, 0.2) is 5.16 Å². The Morgan fingerprint density at radius 2 is 2.31 bits per heavy atom. The fourth-order valence-electron chi connectivity index (χ4n) is 0.847. The Bertz CT molecular complexity index is 311. The Labute approximate surface area is 81.5 Å². The zero-order valence-electron chi connectivity index (χ0n) is 7.52. The van der Waals surface area contributed by atoms with Gasteiger partial charge in [0.1, 0.15) is 12.2 Å². The van der Waals surface area contributed by atoms with E-state index < -0.39 is 0 Å². The summed E-state index contributed by atoms with van der Waals surface area (Å²) in [6.45, 7) is 2.14. The van der Waals surface area contributed by atoms with Gasteiger partial charge < -0.3 is 9.30 Å². The van der Waals surface area contributed by atoms with Crippen molar-refractivity contribution >= 4 is 18.6 Å². The minimum Gasteiger partial charge on any atom is -0.466 e. The van der Waals surface area contributed by atoms with Gasteiger partial charge in [-0.05, 0) is 6.92 Å². The van der Waals surface area contributed by atoms with E-state index in [1.165, 1.54) is 0 Å². The molecule has 0 N–H and O–H groups in total. The number of carbonyl (C=O) groups excluding carboxylic acids is 1. The molecule has 6 heteroatoms. The van der Waals surface area contributed by atoms with Crippen LogP contribution in [0.25, 0.3) is 0 Å². The molecule has 5 nitrogen and oxygen atoms in total. The van der Waals surface area contributed by atoms with Gasteiger partial charge in [-0.25, -0.2) is 0 Å². The van der Waals surface area contributed by atoms with Gasteiger partial charge in [0.05, 0.1) is 6.61 Å². The van der Waals surface area contributed by atoms with Gasteiger partial charge in [-0.1, -0.05) is 0 Å². The third kappa shape index (κ3) is 2.45. The number of esters is 1. The molecule has 1 aromatic rings. The van der Waals surface area contributed by atoms with E-state index in [9.17, 15) is 4.79 Å². The van der Waals surface area contributed by atoms with Crippen LogP contribution in [-0.2, 0) is 23.0 Å². The van der Waals surface area contributed by atoms with Crippen LogP contribution >= 0.6 is 12.6 Å². The number of rotatable bonds is 3. The molecule has 0 aliphatic carbocycles. The highest BCUT2D eigenvalue weighted by Gasteiger charge is 2.10. The molecule has 0 aliphatic heterocycles. The van der Waals surface area contributed by atoms with Gasteiger partial charge in [-0.2, -0.15) is 0 Å². The topological polar surface area (TPSA) is 57.0 Å². The number of carbonyl (C=O) groups is 1. The molecule has 0 saturated carbocycles. The van der Waals surface area contributed by atoms with Gasteiger partial charge in [-0.3, -0.25) is 4.79 Å². The van der Waals surface area contributed by atoms with E-state index in [1.807, 2.05) is 0 Å². The van der Waals surface area contributed by atoms with Gasteiger partial charge in [-0.15, -0.1) is 22.8 Å². The Balaban J connectivity index is 2.64. The van der Waals surface area contributed by atoms with E-state index in [-0.39, 0.29) is 12.4 Å². The fourth-order valence-corrected chi connectivity index (χ4v) is 1.01.